The lowest BCUT2D eigenvalue weighted by Gasteiger charge is -2.39. The van der Waals surface area contributed by atoms with Crippen molar-refractivity contribution in [3.05, 3.63) is 58.4 Å². The molecular weight excluding hydrogens is 466 g/mol. The first kappa shape index (κ1) is 23.6. The molecule has 9 heteroatoms. The van der Waals surface area contributed by atoms with Gasteiger partial charge in [0.25, 0.3) is 0 Å². The van der Waals surface area contributed by atoms with Gasteiger partial charge in [-0.3, -0.25) is 0 Å². The molecule has 182 valence electrons. The van der Waals surface area contributed by atoms with Crippen LogP contribution in [0.15, 0.2) is 36.4 Å². The molecule has 3 heterocycles. The second-order valence-electron chi connectivity index (χ2n) is 9.17. The summed E-state index contributed by atoms with van der Waals surface area (Å²) in [5.74, 6) is 2.07. The van der Waals surface area contributed by atoms with Crippen LogP contribution in [0.3, 0.4) is 0 Å². The Morgan fingerprint density at radius 1 is 1.20 bits per heavy atom. The molecule has 2 N–H and O–H groups in total. The SMILES string of the molecule is [C-]#[N+]c1ccc2c(N3CCC4(CC[C@H](CO)O4)CC3)nnc(NCc3ccc(OC)c(Cl)c3)c2c1. The van der Waals surface area contributed by atoms with Crippen LogP contribution in [-0.4, -0.2) is 53.8 Å². The number of aromatic nitrogens is 2. The van der Waals surface area contributed by atoms with E-state index in [9.17, 15) is 5.11 Å². The summed E-state index contributed by atoms with van der Waals surface area (Å²) in [5.41, 5.74) is 1.40. The van der Waals surface area contributed by atoms with Crippen molar-refractivity contribution in [1.82, 2.24) is 10.2 Å². The molecule has 5 rings (SSSR count). The molecule has 3 aromatic rings. The third-order valence-corrected chi connectivity index (χ3v) is 7.36. The third kappa shape index (κ3) is 4.72. The number of benzene rings is 2. The van der Waals surface area contributed by atoms with Crippen LogP contribution in [0.1, 0.15) is 31.2 Å². The van der Waals surface area contributed by atoms with E-state index in [4.69, 9.17) is 27.6 Å². The fourth-order valence-electron chi connectivity index (χ4n) is 5.09. The van der Waals surface area contributed by atoms with Crippen molar-refractivity contribution in [2.24, 2.45) is 0 Å². The number of piperidine rings is 1. The molecule has 0 radical (unpaired) electrons. The maximum atomic E-state index is 9.46. The van der Waals surface area contributed by atoms with Crippen molar-refractivity contribution < 1.29 is 14.6 Å². The van der Waals surface area contributed by atoms with Gasteiger partial charge in [0.15, 0.2) is 17.3 Å². The molecule has 35 heavy (non-hydrogen) atoms. The first-order valence-corrected chi connectivity index (χ1v) is 12.2. The second kappa shape index (κ2) is 9.86. The first-order valence-electron chi connectivity index (χ1n) is 11.8. The highest BCUT2D eigenvalue weighted by Crippen LogP contribution is 2.41. The Balaban J connectivity index is 1.38. The fourth-order valence-corrected chi connectivity index (χ4v) is 5.37. The van der Waals surface area contributed by atoms with E-state index in [2.05, 4.69) is 25.3 Å². The quantitative estimate of drug-likeness (QED) is 0.469. The van der Waals surface area contributed by atoms with Crippen LogP contribution >= 0.6 is 11.6 Å². The van der Waals surface area contributed by atoms with E-state index < -0.39 is 0 Å². The normalized spacial score (nSPS) is 19.1. The number of anilines is 2. The van der Waals surface area contributed by atoms with E-state index in [0.717, 1.165) is 60.9 Å². The van der Waals surface area contributed by atoms with E-state index in [-0.39, 0.29) is 18.3 Å². The minimum atomic E-state index is -0.133. The number of aliphatic hydroxyl groups is 1. The fraction of sp³-hybridized carbons (Fsp3) is 0.423. The predicted molar refractivity (Wildman–Crippen MR) is 137 cm³/mol. The van der Waals surface area contributed by atoms with Gasteiger partial charge in [0.2, 0.25) is 0 Å². The van der Waals surface area contributed by atoms with E-state index >= 15 is 0 Å². The molecule has 1 spiro atoms. The number of nitrogens with one attached hydrogen (secondary N) is 1. The van der Waals surface area contributed by atoms with Crippen LogP contribution in [0.25, 0.3) is 15.6 Å². The van der Waals surface area contributed by atoms with Gasteiger partial charge in [0.05, 0.1) is 37.0 Å². The van der Waals surface area contributed by atoms with E-state index in [1.807, 2.05) is 36.4 Å². The zero-order valence-electron chi connectivity index (χ0n) is 19.6. The van der Waals surface area contributed by atoms with Crippen molar-refractivity contribution >= 4 is 39.7 Å². The molecule has 2 saturated heterocycles. The molecule has 1 aromatic heterocycles. The van der Waals surface area contributed by atoms with Crippen LogP contribution < -0.4 is 15.0 Å². The van der Waals surface area contributed by atoms with Gasteiger partial charge in [-0.2, -0.15) is 0 Å². The highest BCUT2D eigenvalue weighted by molar-refractivity contribution is 6.32. The number of halogens is 1. The molecule has 2 fully saturated rings. The molecule has 2 aromatic carbocycles. The van der Waals surface area contributed by atoms with Gasteiger partial charge in [-0.15, -0.1) is 10.2 Å². The average Bonchev–Trinajstić information content (AvgIpc) is 3.30. The van der Waals surface area contributed by atoms with E-state index in [1.54, 1.807) is 7.11 Å². The van der Waals surface area contributed by atoms with Crippen molar-refractivity contribution in [3.8, 4) is 5.75 Å². The Bertz CT molecular complexity index is 1270. The smallest absolute Gasteiger partial charge is 0.188 e. The van der Waals surface area contributed by atoms with Crippen molar-refractivity contribution in [1.29, 1.82) is 0 Å². The van der Waals surface area contributed by atoms with Gasteiger partial charge in [-0.25, -0.2) is 4.85 Å². The number of hydrogen-bond donors (Lipinski definition) is 2. The number of methoxy groups -OCH3 is 1. The standard InChI is InChI=1S/C26H28ClN5O3/c1-28-18-4-5-20-21(14-18)24(29-15-17-3-6-23(34-2)22(27)13-17)30-31-25(20)32-11-9-26(10-12-32)8-7-19(16-33)35-26/h3-6,13-14,19,33H,7-12,15-16H2,2H3,(H,29,30)/t19-/m1/s1. The zero-order valence-corrected chi connectivity index (χ0v) is 20.4. The summed E-state index contributed by atoms with van der Waals surface area (Å²) >= 11 is 6.27. The van der Waals surface area contributed by atoms with Crippen LogP contribution in [0, 0.1) is 6.57 Å². The van der Waals surface area contributed by atoms with Gasteiger partial charge in [-0.05, 0) is 49.4 Å². The zero-order chi connectivity index (χ0) is 24.4. The maximum absolute atomic E-state index is 9.46. The summed E-state index contributed by atoms with van der Waals surface area (Å²) in [6, 6.07) is 11.3. The van der Waals surface area contributed by atoms with Gasteiger partial charge >= 0.3 is 0 Å². The number of nitrogens with zero attached hydrogens (tertiary/aromatic N) is 4. The topological polar surface area (TPSA) is 84.1 Å². The van der Waals surface area contributed by atoms with E-state index in [1.165, 1.54) is 0 Å². The molecule has 2 aliphatic heterocycles. The summed E-state index contributed by atoms with van der Waals surface area (Å²) in [6.45, 7) is 9.67. The molecular formula is C26H28ClN5O3. The number of fused-ring (bicyclic) bond motifs is 1. The van der Waals surface area contributed by atoms with Crippen LogP contribution in [0.2, 0.25) is 5.02 Å². The number of aliphatic hydroxyl groups excluding tert-OH is 1. The minimum absolute atomic E-state index is 0.0415. The van der Waals surface area contributed by atoms with Crippen molar-refractivity contribution in [2.75, 3.05) is 37.0 Å². The third-order valence-electron chi connectivity index (χ3n) is 7.07. The molecule has 0 aliphatic carbocycles. The largest absolute Gasteiger partial charge is 0.495 e. The Labute approximate surface area is 209 Å². The highest BCUT2D eigenvalue weighted by atomic mass is 35.5. The Hall–Kier alpha value is -3.12. The first-order chi connectivity index (χ1) is 17.0. The number of rotatable bonds is 6. The number of hydrogen-bond acceptors (Lipinski definition) is 7. The molecule has 0 unspecified atom stereocenters. The molecule has 0 bridgehead atoms. The van der Waals surface area contributed by atoms with Gasteiger partial charge in [0.1, 0.15) is 5.75 Å². The van der Waals surface area contributed by atoms with Gasteiger partial charge in [0, 0.05) is 30.4 Å². The lowest BCUT2D eigenvalue weighted by Crippen LogP contribution is -2.45. The highest BCUT2D eigenvalue weighted by Gasteiger charge is 2.42. The van der Waals surface area contributed by atoms with Crippen LogP contribution in [0.4, 0.5) is 17.3 Å². The van der Waals surface area contributed by atoms with Gasteiger partial charge < -0.3 is 24.8 Å². The molecule has 8 nitrogen and oxygen atoms in total. The minimum Gasteiger partial charge on any atom is -0.495 e. The summed E-state index contributed by atoms with van der Waals surface area (Å²) in [6.07, 6.45) is 3.65. The summed E-state index contributed by atoms with van der Waals surface area (Å²) in [5, 5.41) is 24.3. The molecule has 1 atom stereocenters. The van der Waals surface area contributed by atoms with E-state index in [0.29, 0.717) is 28.8 Å². The Morgan fingerprint density at radius 3 is 2.71 bits per heavy atom. The molecule has 0 saturated carbocycles. The molecule has 2 aliphatic rings. The predicted octanol–water partition coefficient (Wildman–Crippen LogP) is 4.96. The average molecular weight is 494 g/mol. The Morgan fingerprint density at radius 2 is 2.03 bits per heavy atom. The summed E-state index contributed by atoms with van der Waals surface area (Å²) in [7, 11) is 1.59. The monoisotopic (exact) mass is 493 g/mol. The van der Waals surface area contributed by atoms with Crippen LogP contribution in [0.5, 0.6) is 5.75 Å². The lowest BCUT2D eigenvalue weighted by atomic mass is 9.88. The van der Waals surface area contributed by atoms with Crippen LogP contribution in [-0.2, 0) is 11.3 Å². The Kier molecular flexibility index (Phi) is 6.65. The summed E-state index contributed by atoms with van der Waals surface area (Å²) in [4.78, 5) is 5.86. The second-order valence-corrected chi connectivity index (χ2v) is 9.57. The maximum Gasteiger partial charge on any atom is 0.188 e. The van der Waals surface area contributed by atoms with Crippen molar-refractivity contribution in [3.63, 3.8) is 0 Å². The lowest BCUT2D eigenvalue weighted by molar-refractivity contribution is -0.0713. The van der Waals surface area contributed by atoms with Gasteiger partial charge in [-0.1, -0.05) is 29.8 Å². The van der Waals surface area contributed by atoms with Crippen molar-refractivity contribution in [2.45, 2.75) is 43.9 Å². The molecule has 0 amide bonds. The summed E-state index contributed by atoms with van der Waals surface area (Å²) < 4.78 is 11.4. The number of ether oxygens (including phenoxy) is 2.